The summed E-state index contributed by atoms with van der Waals surface area (Å²) in [4.78, 5) is 25.4. The van der Waals surface area contributed by atoms with Crippen molar-refractivity contribution in [2.75, 3.05) is 13.6 Å². The van der Waals surface area contributed by atoms with Gasteiger partial charge in [0.25, 0.3) is 0 Å². The lowest BCUT2D eigenvalue weighted by atomic mass is 9.62. The van der Waals surface area contributed by atoms with Gasteiger partial charge in [-0.05, 0) is 30.1 Å². The highest BCUT2D eigenvalue weighted by atomic mass is 16.2. The molecule has 102 valence electrons. The quantitative estimate of drug-likeness (QED) is 0.595. The first kappa shape index (κ1) is 14.7. The molecule has 0 saturated heterocycles. The molecule has 0 aromatic rings. The van der Waals surface area contributed by atoms with Crippen molar-refractivity contribution < 1.29 is 9.59 Å². The van der Waals surface area contributed by atoms with E-state index >= 15 is 0 Å². The molecule has 2 atom stereocenters. The number of carbonyl (C=O) groups is 1. The van der Waals surface area contributed by atoms with Crippen LogP contribution in [0.3, 0.4) is 0 Å². The molecule has 0 heterocycles. The number of amides is 2. The first-order valence-electron chi connectivity index (χ1n) is 6.32. The van der Waals surface area contributed by atoms with Gasteiger partial charge in [-0.1, -0.05) is 20.8 Å². The van der Waals surface area contributed by atoms with E-state index in [-0.39, 0.29) is 22.9 Å². The molecule has 0 bridgehead atoms. The summed E-state index contributed by atoms with van der Waals surface area (Å²) < 4.78 is 0. The highest BCUT2D eigenvalue weighted by Gasteiger charge is 2.41. The van der Waals surface area contributed by atoms with Crippen molar-refractivity contribution in [1.29, 1.82) is 0 Å². The standard InChI is InChI=1S/C13H23N3O2/c1-12(2)5-10(16-11(18)14-4)6-13(3,7-12)8-15-9-17/h10H,5-8H2,1-4H3,(H2,14,16,18). The van der Waals surface area contributed by atoms with Crippen molar-refractivity contribution in [3.63, 3.8) is 0 Å². The molecular weight excluding hydrogens is 230 g/mol. The summed E-state index contributed by atoms with van der Waals surface area (Å²) in [6.07, 6.45) is 4.39. The van der Waals surface area contributed by atoms with Gasteiger partial charge in [-0.25, -0.2) is 14.6 Å². The van der Waals surface area contributed by atoms with Gasteiger partial charge in [-0.15, -0.1) is 0 Å². The third-order valence-electron chi connectivity index (χ3n) is 3.53. The number of isocyanates is 1. The maximum Gasteiger partial charge on any atom is 0.314 e. The second-order valence-electron chi connectivity index (χ2n) is 6.39. The second kappa shape index (κ2) is 5.53. The van der Waals surface area contributed by atoms with Crippen LogP contribution in [0.25, 0.3) is 0 Å². The van der Waals surface area contributed by atoms with Gasteiger partial charge >= 0.3 is 6.03 Å². The van der Waals surface area contributed by atoms with Crippen LogP contribution >= 0.6 is 0 Å². The van der Waals surface area contributed by atoms with Crippen molar-refractivity contribution in [3.05, 3.63) is 0 Å². The lowest BCUT2D eigenvalue weighted by molar-refractivity contribution is 0.0808. The Bertz CT molecular complexity index is 361. The Morgan fingerprint density at radius 2 is 2.06 bits per heavy atom. The van der Waals surface area contributed by atoms with E-state index in [1.165, 1.54) is 0 Å². The molecule has 0 aliphatic heterocycles. The third kappa shape index (κ3) is 4.15. The molecule has 1 fully saturated rings. The largest absolute Gasteiger partial charge is 0.341 e. The van der Waals surface area contributed by atoms with Crippen molar-refractivity contribution >= 4 is 12.1 Å². The van der Waals surface area contributed by atoms with Gasteiger partial charge in [-0.2, -0.15) is 0 Å². The Labute approximate surface area is 108 Å². The number of carbonyl (C=O) groups excluding carboxylic acids is 2. The number of urea groups is 1. The lowest BCUT2D eigenvalue weighted by Gasteiger charge is -2.46. The summed E-state index contributed by atoms with van der Waals surface area (Å²) in [5.41, 5.74) is 0.0853. The molecule has 0 aromatic heterocycles. The van der Waals surface area contributed by atoms with Crippen LogP contribution in [0.4, 0.5) is 4.79 Å². The van der Waals surface area contributed by atoms with Crippen molar-refractivity contribution in [2.24, 2.45) is 15.8 Å². The van der Waals surface area contributed by atoms with Gasteiger partial charge in [0.05, 0.1) is 6.54 Å². The van der Waals surface area contributed by atoms with Crippen LogP contribution in [0.5, 0.6) is 0 Å². The first-order valence-corrected chi connectivity index (χ1v) is 6.32. The van der Waals surface area contributed by atoms with E-state index in [1.807, 2.05) is 0 Å². The van der Waals surface area contributed by atoms with Gasteiger partial charge in [0.2, 0.25) is 6.08 Å². The van der Waals surface area contributed by atoms with Crippen LogP contribution < -0.4 is 10.6 Å². The Hall–Kier alpha value is -1.35. The molecule has 2 unspecified atom stereocenters. The highest BCUT2D eigenvalue weighted by Crippen LogP contribution is 2.46. The van der Waals surface area contributed by atoms with Gasteiger partial charge in [0, 0.05) is 13.1 Å². The molecule has 2 amide bonds. The Balaban J connectivity index is 2.77. The zero-order valence-corrected chi connectivity index (χ0v) is 11.7. The normalized spacial score (nSPS) is 30.1. The van der Waals surface area contributed by atoms with Crippen LogP contribution in [-0.2, 0) is 4.79 Å². The number of hydrogen-bond acceptors (Lipinski definition) is 3. The number of rotatable bonds is 3. The van der Waals surface area contributed by atoms with Gasteiger partial charge in [0.1, 0.15) is 0 Å². The molecule has 0 spiro atoms. The lowest BCUT2D eigenvalue weighted by Crippen LogP contribution is -2.49. The fourth-order valence-electron chi connectivity index (χ4n) is 3.34. The van der Waals surface area contributed by atoms with E-state index in [9.17, 15) is 9.59 Å². The Morgan fingerprint density at radius 1 is 1.39 bits per heavy atom. The van der Waals surface area contributed by atoms with Gasteiger partial charge in [-0.3, -0.25) is 0 Å². The fraction of sp³-hybridized carbons (Fsp3) is 0.846. The molecule has 1 aliphatic rings. The zero-order chi connectivity index (χ0) is 13.8. The summed E-state index contributed by atoms with van der Waals surface area (Å²) in [5, 5.41) is 5.54. The summed E-state index contributed by atoms with van der Waals surface area (Å²) in [6, 6.07) is -0.0282. The second-order valence-corrected chi connectivity index (χ2v) is 6.39. The molecule has 5 nitrogen and oxygen atoms in total. The van der Waals surface area contributed by atoms with Gasteiger partial charge < -0.3 is 10.6 Å². The number of nitrogens with one attached hydrogen (secondary N) is 2. The van der Waals surface area contributed by atoms with Crippen LogP contribution in [0.2, 0.25) is 0 Å². The molecule has 18 heavy (non-hydrogen) atoms. The fourth-order valence-corrected chi connectivity index (χ4v) is 3.34. The average molecular weight is 253 g/mol. The highest BCUT2D eigenvalue weighted by molar-refractivity contribution is 5.73. The first-order chi connectivity index (χ1) is 8.30. The van der Waals surface area contributed by atoms with Crippen molar-refractivity contribution in [3.8, 4) is 0 Å². The van der Waals surface area contributed by atoms with Crippen LogP contribution in [-0.4, -0.2) is 31.7 Å². The molecular formula is C13H23N3O2. The predicted molar refractivity (Wildman–Crippen MR) is 70.1 cm³/mol. The Morgan fingerprint density at radius 3 is 2.61 bits per heavy atom. The van der Waals surface area contributed by atoms with Gasteiger partial charge in [0.15, 0.2) is 0 Å². The average Bonchev–Trinajstić information content (AvgIpc) is 2.23. The van der Waals surface area contributed by atoms with E-state index in [1.54, 1.807) is 13.1 Å². The van der Waals surface area contributed by atoms with E-state index in [4.69, 9.17) is 0 Å². The maximum absolute atomic E-state index is 11.4. The SMILES string of the molecule is CNC(=O)NC1CC(C)(C)CC(C)(CN=C=O)C1. The number of aliphatic imine (C=N–C) groups is 1. The molecule has 1 aliphatic carbocycles. The van der Waals surface area contributed by atoms with Crippen LogP contribution in [0.1, 0.15) is 40.0 Å². The molecule has 5 heteroatoms. The van der Waals surface area contributed by atoms with Crippen LogP contribution in [0, 0.1) is 10.8 Å². The maximum atomic E-state index is 11.4. The van der Waals surface area contributed by atoms with E-state index in [0.29, 0.717) is 6.54 Å². The number of hydrogen-bond donors (Lipinski definition) is 2. The minimum Gasteiger partial charge on any atom is -0.341 e. The minimum absolute atomic E-state index is 0.0507. The zero-order valence-electron chi connectivity index (χ0n) is 11.7. The van der Waals surface area contributed by atoms with Crippen molar-refractivity contribution in [1.82, 2.24) is 10.6 Å². The number of nitrogens with zero attached hydrogens (tertiary/aromatic N) is 1. The summed E-state index contributed by atoms with van der Waals surface area (Å²) >= 11 is 0. The van der Waals surface area contributed by atoms with E-state index in [0.717, 1.165) is 19.3 Å². The summed E-state index contributed by atoms with van der Waals surface area (Å²) in [5.74, 6) is 0. The minimum atomic E-state index is -0.154. The monoisotopic (exact) mass is 253 g/mol. The molecule has 1 saturated carbocycles. The molecule has 1 rings (SSSR count). The summed E-state index contributed by atoms with van der Waals surface area (Å²) in [6.45, 7) is 6.97. The molecule has 0 aromatic carbocycles. The predicted octanol–water partition coefficient (Wildman–Crippen LogP) is 1.84. The molecule has 0 radical (unpaired) electrons. The van der Waals surface area contributed by atoms with Crippen molar-refractivity contribution in [2.45, 2.75) is 46.1 Å². The van der Waals surface area contributed by atoms with E-state index < -0.39 is 0 Å². The van der Waals surface area contributed by atoms with Crippen LogP contribution in [0.15, 0.2) is 4.99 Å². The molecule has 2 N–H and O–H groups in total. The summed E-state index contributed by atoms with van der Waals surface area (Å²) in [7, 11) is 1.61. The van der Waals surface area contributed by atoms with E-state index in [2.05, 4.69) is 36.4 Å². The third-order valence-corrected chi connectivity index (χ3v) is 3.53. The smallest absolute Gasteiger partial charge is 0.314 e. The Kier molecular flexibility index (Phi) is 4.52. The topological polar surface area (TPSA) is 70.6 Å².